The predicted molar refractivity (Wildman–Crippen MR) is 99.2 cm³/mol. The third-order valence-electron chi connectivity index (χ3n) is 6.77. The molecule has 0 spiro atoms. The number of nitrogens with zero attached hydrogens (tertiary/aromatic N) is 1. The van der Waals surface area contributed by atoms with Gasteiger partial charge in [-0.2, -0.15) is 0 Å². The van der Waals surface area contributed by atoms with Crippen molar-refractivity contribution in [1.82, 2.24) is 10.2 Å². The molecule has 0 aromatic heterocycles. The lowest BCUT2D eigenvalue weighted by atomic mass is 9.74. The van der Waals surface area contributed by atoms with Crippen LogP contribution in [-0.4, -0.2) is 41.2 Å². The first kappa shape index (κ1) is 19.4. The van der Waals surface area contributed by atoms with E-state index in [1.807, 2.05) is 6.92 Å². The van der Waals surface area contributed by atoms with Gasteiger partial charge >= 0.3 is 0 Å². The fraction of sp³-hybridized carbons (Fsp3) is 0.737. The van der Waals surface area contributed by atoms with Gasteiger partial charge in [0, 0.05) is 18.6 Å². The number of rotatable bonds is 4. The second-order valence-electron chi connectivity index (χ2n) is 8.42. The minimum atomic E-state index is -0.469. The predicted octanol–water partition coefficient (Wildman–Crippen LogP) is 1.24. The van der Waals surface area contributed by atoms with Gasteiger partial charge in [-0.3, -0.25) is 19.3 Å². The highest BCUT2D eigenvalue weighted by molar-refractivity contribution is 6.06. The molecule has 6 unspecified atom stereocenters. The van der Waals surface area contributed by atoms with Crippen molar-refractivity contribution in [2.24, 2.45) is 35.3 Å². The Hall–Kier alpha value is -1.40. The summed E-state index contributed by atoms with van der Waals surface area (Å²) in [7, 11) is 0. The molecule has 4 aliphatic rings. The molecular weight excluding hydrogens is 354 g/mol. The van der Waals surface area contributed by atoms with Crippen molar-refractivity contribution in [2.75, 3.05) is 13.1 Å². The first-order valence-corrected chi connectivity index (χ1v) is 9.50. The molecule has 1 saturated heterocycles. The highest BCUT2D eigenvalue weighted by Gasteiger charge is 2.59. The number of hydrogen-bond acceptors (Lipinski definition) is 4. The Labute approximate surface area is 160 Å². The van der Waals surface area contributed by atoms with Crippen molar-refractivity contribution in [3.05, 3.63) is 12.2 Å². The van der Waals surface area contributed by atoms with Gasteiger partial charge in [0.1, 0.15) is 0 Å². The van der Waals surface area contributed by atoms with E-state index in [0.29, 0.717) is 6.54 Å². The summed E-state index contributed by atoms with van der Waals surface area (Å²) in [4.78, 5) is 39.0. The first-order valence-electron chi connectivity index (χ1n) is 9.50. The summed E-state index contributed by atoms with van der Waals surface area (Å²) in [6, 6.07) is 0. The van der Waals surface area contributed by atoms with Crippen molar-refractivity contribution in [3.63, 3.8) is 0 Å². The zero-order valence-electron chi connectivity index (χ0n) is 15.1. The van der Waals surface area contributed by atoms with Crippen molar-refractivity contribution in [3.8, 4) is 0 Å². The van der Waals surface area contributed by atoms with E-state index in [-0.39, 0.29) is 66.3 Å². The summed E-state index contributed by atoms with van der Waals surface area (Å²) >= 11 is 0. The molecular formula is C19H28ClN3O3. The number of hydrogen-bond donors (Lipinski definition) is 2. The molecule has 1 heterocycles. The molecule has 0 radical (unpaired) electrons. The average molecular weight is 382 g/mol. The number of likely N-dealkylation sites (tertiary alicyclic amines) is 1. The van der Waals surface area contributed by atoms with Crippen molar-refractivity contribution in [1.29, 1.82) is 0 Å². The van der Waals surface area contributed by atoms with E-state index < -0.39 is 5.54 Å². The molecule has 2 bridgehead atoms. The van der Waals surface area contributed by atoms with Crippen LogP contribution in [0.2, 0.25) is 0 Å². The number of allylic oxidation sites excluding steroid dienone is 2. The Kier molecular flexibility index (Phi) is 5.19. The van der Waals surface area contributed by atoms with E-state index in [2.05, 4.69) is 17.5 Å². The fourth-order valence-electron chi connectivity index (χ4n) is 5.39. The van der Waals surface area contributed by atoms with Gasteiger partial charge in [-0.25, -0.2) is 0 Å². The average Bonchev–Trinajstić information content (AvgIpc) is 3.23. The van der Waals surface area contributed by atoms with Crippen molar-refractivity contribution in [2.45, 2.75) is 44.6 Å². The van der Waals surface area contributed by atoms with Crippen LogP contribution >= 0.6 is 12.4 Å². The Bertz CT molecular complexity index is 618. The second-order valence-corrected chi connectivity index (χ2v) is 8.42. The highest BCUT2D eigenvalue weighted by Crippen LogP contribution is 2.52. The molecule has 3 N–H and O–H groups in total. The molecule has 6 nitrogen and oxygen atoms in total. The molecule has 6 atom stereocenters. The zero-order chi connectivity index (χ0) is 17.8. The maximum atomic E-state index is 12.6. The molecule has 144 valence electrons. The molecule has 4 rings (SSSR count). The number of fused-ring (bicyclic) bond motifs is 5. The van der Waals surface area contributed by atoms with Crippen LogP contribution in [0.1, 0.15) is 39.0 Å². The number of nitrogens with one attached hydrogen (secondary N) is 1. The van der Waals surface area contributed by atoms with E-state index in [0.717, 1.165) is 32.1 Å². The number of amides is 3. The zero-order valence-corrected chi connectivity index (χ0v) is 16.0. The van der Waals surface area contributed by atoms with Crippen LogP contribution in [0.25, 0.3) is 0 Å². The van der Waals surface area contributed by atoms with Crippen LogP contribution in [0.5, 0.6) is 0 Å². The Morgan fingerprint density at radius 3 is 2.42 bits per heavy atom. The van der Waals surface area contributed by atoms with E-state index in [1.165, 1.54) is 4.90 Å². The van der Waals surface area contributed by atoms with E-state index in [9.17, 15) is 14.4 Å². The van der Waals surface area contributed by atoms with Gasteiger partial charge < -0.3 is 11.1 Å². The molecule has 0 aromatic carbocycles. The van der Waals surface area contributed by atoms with Gasteiger partial charge in [-0.1, -0.05) is 25.0 Å². The number of carbonyl (C=O) groups excluding carboxylic acids is 3. The minimum absolute atomic E-state index is 0. The molecule has 3 aliphatic carbocycles. The molecule has 0 aromatic rings. The maximum absolute atomic E-state index is 12.6. The molecule has 3 amide bonds. The Balaban J connectivity index is 0.00000196. The summed E-state index contributed by atoms with van der Waals surface area (Å²) in [6.07, 6.45) is 8.86. The monoisotopic (exact) mass is 381 g/mol. The lowest BCUT2D eigenvalue weighted by molar-refractivity contribution is -0.141. The smallest absolute Gasteiger partial charge is 0.233 e. The maximum Gasteiger partial charge on any atom is 0.233 e. The fourth-order valence-corrected chi connectivity index (χ4v) is 5.39. The van der Waals surface area contributed by atoms with Gasteiger partial charge in [-0.05, 0) is 38.0 Å². The van der Waals surface area contributed by atoms with Crippen LogP contribution in [-0.2, 0) is 14.4 Å². The van der Waals surface area contributed by atoms with E-state index in [1.54, 1.807) is 0 Å². The molecule has 2 saturated carbocycles. The first-order chi connectivity index (χ1) is 11.9. The molecule has 3 fully saturated rings. The van der Waals surface area contributed by atoms with Gasteiger partial charge in [0.15, 0.2) is 0 Å². The van der Waals surface area contributed by atoms with Crippen LogP contribution in [0, 0.1) is 29.6 Å². The summed E-state index contributed by atoms with van der Waals surface area (Å²) in [5, 5.41) is 2.90. The van der Waals surface area contributed by atoms with Gasteiger partial charge in [0.25, 0.3) is 0 Å². The summed E-state index contributed by atoms with van der Waals surface area (Å²) in [5.74, 6) is -0.216. The van der Waals surface area contributed by atoms with Gasteiger partial charge in [0.05, 0.1) is 17.8 Å². The Morgan fingerprint density at radius 2 is 1.85 bits per heavy atom. The molecule has 7 heteroatoms. The third kappa shape index (κ3) is 2.97. The second kappa shape index (κ2) is 6.97. The van der Waals surface area contributed by atoms with Crippen LogP contribution in [0.15, 0.2) is 12.2 Å². The van der Waals surface area contributed by atoms with Crippen LogP contribution < -0.4 is 11.1 Å². The Morgan fingerprint density at radius 1 is 1.23 bits per heavy atom. The van der Waals surface area contributed by atoms with E-state index in [4.69, 9.17) is 5.73 Å². The molecule has 26 heavy (non-hydrogen) atoms. The van der Waals surface area contributed by atoms with Gasteiger partial charge in [0.2, 0.25) is 17.7 Å². The van der Waals surface area contributed by atoms with Crippen LogP contribution in [0.3, 0.4) is 0 Å². The highest BCUT2D eigenvalue weighted by atomic mass is 35.5. The van der Waals surface area contributed by atoms with Crippen molar-refractivity contribution < 1.29 is 14.4 Å². The standard InChI is InChI=1S/C19H27N3O3.ClH/c1-19(20)7-3-2-4-13(19)16(23)21-8-9-22-17(24)14-11-5-6-12(10-11)15(14)18(22)25;/h5-6,11-15H,2-4,7-10,20H2,1H3,(H,21,23);1H. The summed E-state index contributed by atoms with van der Waals surface area (Å²) in [5.41, 5.74) is 5.81. The normalized spacial score (nSPS) is 40.5. The van der Waals surface area contributed by atoms with Crippen LogP contribution in [0.4, 0.5) is 0 Å². The SMILES string of the molecule is CC1(N)CCCCC1C(=O)NCCN1C(=O)C2C3C=CC(C3)C2C1=O.Cl. The lowest BCUT2D eigenvalue weighted by Gasteiger charge is -2.37. The topological polar surface area (TPSA) is 92.5 Å². The summed E-state index contributed by atoms with van der Waals surface area (Å²) < 4.78 is 0. The quantitative estimate of drug-likeness (QED) is 0.566. The number of imide groups is 1. The molecule has 1 aliphatic heterocycles. The number of halogens is 1. The minimum Gasteiger partial charge on any atom is -0.354 e. The van der Waals surface area contributed by atoms with E-state index >= 15 is 0 Å². The summed E-state index contributed by atoms with van der Waals surface area (Å²) in [6.45, 7) is 2.52. The number of nitrogens with two attached hydrogens (primary N) is 1. The largest absolute Gasteiger partial charge is 0.354 e. The lowest BCUT2D eigenvalue weighted by Crippen LogP contribution is -2.53. The van der Waals surface area contributed by atoms with Gasteiger partial charge in [-0.15, -0.1) is 12.4 Å². The number of carbonyl (C=O) groups is 3. The van der Waals surface area contributed by atoms with Crippen molar-refractivity contribution >= 4 is 30.1 Å². The third-order valence-corrected chi connectivity index (χ3v) is 6.77.